The maximum atomic E-state index is 2.30. The fourth-order valence-corrected chi connectivity index (χ4v) is 0.927. The van der Waals surface area contributed by atoms with Gasteiger partial charge < -0.3 is 0 Å². The van der Waals surface area contributed by atoms with E-state index in [1.165, 1.54) is 44.9 Å². The molecule has 14 heavy (non-hydrogen) atoms. The molecule has 0 atom stereocenters. The molecule has 0 radical (unpaired) electrons. The van der Waals surface area contributed by atoms with Crippen molar-refractivity contribution in [2.24, 2.45) is 5.41 Å². The first-order valence-corrected chi connectivity index (χ1v) is 6.62. The summed E-state index contributed by atoms with van der Waals surface area (Å²) in [7, 11) is 0. The molecular weight excluding hydrogens is 168 g/mol. The zero-order chi connectivity index (χ0) is 11.4. The monoisotopic (exact) mass is 200 g/mol. The lowest BCUT2D eigenvalue weighted by Gasteiger charge is -1.90. The Morgan fingerprint density at radius 3 is 1.21 bits per heavy atom. The van der Waals surface area contributed by atoms with Crippen molar-refractivity contribution in [3.05, 3.63) is 0 Å². The van der Waals surface area contributed by atoms with Gasteiger partial charge in [-0.3, -0.25) is 0 Å². The summed E-state index contributed by atoms with van der Waals surface area (Å²) in [5.41, 5.74) is 0.750. The third-order valence-electron chi connectivity index (χ3n) is 2.46. The van der Waals surface area contributed by atoms with Crippen LogP contribution in [-0.2, 0) is 0 Å². The molecule has 0 nitrogen and oxygen atoms in total. The van der Waals surface area contributed by atoms with Gasteiger partial charge in [0.05, 0.1) is 0 Å². The van der Waals surface area contributed by atoms with Crippen LogP contribution >= 0.6 is 0 Å². The van der Waals surface area contributed by atoms with Crippen molar-refractivity contribution in [2.75, 3.05) is 0 Å². The predicted octanol–water partition coefficient (Wildman–Crippen LogP) is 5.81. The topological polar surface area (TPSA) is 0 Å². The summed E-state index contributed by atoms with van der Waals surface area (Å²) in [6.07, 6.45) is 9.91. The van der Waals surface area contributed by atoms with E-state index in [-0.39, 0.29) is 0 Å². The largest absolute Gasteiger partial charge is 0.0683 e. The van der Waals surface area contributed by atoms with Gasteiger partial charge in [0, 0.05) is 0 Å². The minimum atomic E-state index is 0.750. The van der Waals surface area contributed by atoms with E-state index in [0.29, 0.717) is 0 Å². The van der Waals surface area contributed by atoms with E-state index in [4.69, 9.17) is 0 Å². The number of rotatable bonds is 4. The molecule has 0 aliphatic heterocycles. The number of hydrogen-bond donors (Lipinski definition) is 0. The molecule has 0 spiro atoms. The molecule has 1 saturated carbocycles. The van der Waals surface area contributed by atoms with Crippen LogP contribution in [0.2, 0.25) is 0 Å². The molecule has 0 aromatic heterocycles. The number of unbranched alkanes of at least 4 members (excludes halogenated alkanes) is 4. The van der Waals surface area contributed by atoms with Crippen LogP contribution < -0.4 is 0 Å². The third-order valence-corrected chi connectivity index (χ3v) is 2.46. The molecule has 1 aliphatic rings. The van der Waals surface area contributed by atoms with E-state index in [1.54, 1.807) is 0 Å². The Morgan fingerprint density at radius 2 is 1.07 bits per heavy atom. The molecule has 88 valence electrons. The Bertz CT molecular complexity index is 82.2. The smallest absolute Gasteiger partial charge is 0.0354 e. The second-order valence-corrected chi connectivity index (χ2v) is 4.72. The van der Waals surface area contributed by atoms with Crippen LogP contribution in [0.5, 0.6) is 0 Å². The van der Waals surface area contributed by atoms with Gasteiger partial charge in [0.15, 0.2) is 0 Å². The van der Waals surface area contributed by atoms with Crippen molar-refractivity contribution in [1.29, 1.82) is 0 Å². The second kappa shape index (κ2) is 11.1. The lowest BCUT2D eigenvalue weighted by Crippen LogP contribution is -1.75. The van der Waals surface area contributed by atoms with E-state index in [2.05, 4.69) is 27.7 Å². The Kier molecular flexibility index (Phi) is 13.0. The Labute approximate surface area is 92.5 Å². The molecule has 0 aromatic rings. The summed E-state index contributed by atoms with van der Waals surface area (Å²) in [4.78, 5) is 0. The van der Waals surface area contributed by atoms with E-state index < -0.39 is 0 Å². The van der Waals surface area contributed by atoms with Crippen LogP contribution in [0, 0.1) is 5.41 Å². The maximum absolute atomic E-state index is 2.30. The van der Waals surface area contributed by atoms with Gasteiger partial charge in [-0.25, -0.2) is 0 Å². The van der Waals surface area contributed by atoms with E-state index in [0.717, 1.165) is 5.41 Å². The summed E-state index contributed by atoms with van der Waals surface area (Å²) < 4.78 is 0. The van der Waals surface area contributed by atoms with E-state index >= 15 is 0 Å². The lowest BCUT2D eigenvalue weighted by molar-refractivity contribution is 0.653. The van der Waals surface area contributed by atoms with Gasteiger partial charge in [-0.1, -0.05) is 73.6 Å². The highest BCUT2D eigenvalue weighted by Gasteiger charge is 2.30. The van der Waals surface area contributed by atoms with Crippen LogP contribution in [0.1, 0.15) is 86.5 Å². The highest BCUT2D eigenvalue weighted by Crippen LogP contribution is 2.43. The second-order valence-electron chi connectivity index (χ2n) is 4.72. The van der Waals surface area contributed by atoms with Crippen LogP contribution in [0.4, 0.5) is 0 Å². The molecule has 1 aliphatic carbocycles. The molecule has 1 rings (SSSR count). The normalized spacial score (nSPS) is 15.9. The molecule has 0 aromatic carbocycles. The van der Waals surface area contributed by atoms with Gasteiger partial charge in [-0.05, 0) is 18.3 Å². The summed E-state index contributed by atoms with van der Waals surface area (Å²) in [5.74, 6) is 0. The zero-order valence-electron chi connectivity index (χ0n) is 11.4. The molecule has 0 bridgehead atoms. The van der Waals surface area contributed by atoms with E-state index in [9.17, 15) is 0 Å². The van der Waals surface area contributed by atoms with Crippen molar-refractivity contribution in [3.63, 3.8) is 0 Å². The Morgan fingerprint density at radius 1 is 0.786 bits per heavy atom. The highest BCUT2D eigenvalue weighted by atomic mass is 14.4. The average Bonchev–Trinajstić information content (AvgIpc) is 2.87. The van der Waals surface area contributed by atoms with Crippen molar-refractivity contribution in [1.82, 2.24) is 0 Å². The molecule has 0 heteroatoms. The maximum Gasteiger partial charge on any atom is -0.0354 e. The molecular formula is C14H32. The van der Waals surface area contributed by atoms with Gasteiger partial charge in [0.2, 0.25) is 0 Å². The first-order valence-electron chi connectivity index (χ1n) is 6.62. The Hall–Kier alpha value is 0. The van der Waals surface area contributed by atoms with Gasteiger partial charge >= 0.3 is 0 Å². The highest BCUT2D eigenvalue weighted by molar-refractivity contribution is 4.82. The fraction of sp³-hybridized carbons (Fsp3) is 1.00. The number of hydrogen-bond acceptors (Lipinski definition) is 0. The molecule has 0 N–H and O–H groups in total. The van der Waals surface area contributed by atoms with Gasteiger partial charge in [-0.15, -0.1) is 0 Å². The summed E-state index contributed by atoms with van der Waals surface area (Å²) >= 11 is 0. The van der Waals surface area contributed by atoms with Gasteiger partial charge in [0.25, 0.3) is 0 Å². The Balaban J connectivity index is 0. The van der Waals surface area contributed by atoms with Gasteiger partial charge in [0.1, 0.15) is 0 Å². The minimum Gasteiger partial charge on any atom is -0.0683 e. The first kappa shape index (κ1) is 16.4. The van der Waals surface area contributed by atoms with Crippen LogP contribution in [0.15, 0.2) is 0 Å². The standard InChI is InChI=1S/C7H16.C5H10.C2H6/c1-3-5-7-6-4-2;1-5(2)3-4-5;1-2/h3-7H2,1-2H3;3-4H2,1-2H3;1-2H3. The molecule has 0 amide bonds. The summed E-state index contributed by atoms with van der Waals surface area (Å²) in [6.45, 7) is 13.1. The third kappa shape index (κ3) is 17.9. The molecule has 1 fully saturated rings. The first-order chi connectivity index (χ1) is 6.62. The van der Waals surface area contributed by atoms with Crippen molar-refractivity contribution < 1.29 is 0 Å². The predicted molar refractivity (Wildman–Crippen MR) is 68.8 cm³/mol. The SMILES string of the molecule is CC.CC1(C)CC1.CCCCCCC. The average molecular weight is 200 g/mol. The van der Waals surface area contributed by atoms with Crippen LogP contribution in [-0.4, -0.2) is 0 Å². The zero-order valence-corrected chi connectivity index (χ0v) is 11.4. The summed E-state index contributed by atoms with van der Waals surface area (Å²) in [6, 6.07) is 0. The van der Waals surface area contributed by atoms with Crippen LogP contribution in [0.25, 0.3) is 0 Å². The lowest BCUT2D eigenvalue weighted by atomic mass is 10.2. The van der Waals surface area contributed by atoms with Gasteiger partial charge in [-0.2, -0.15) is 0 Å². The quantitative estimate of drug-likeness (QED) is 0.502. The van der Waals surface area contributed by atoms with Crippen molar-refractivity contribution in [3.8, 4) is 0 Å². The molecule has 0 unspecified atom stereocenters. The fourth-order valence-electron chi connectivity index (χ4n) is 0.927. The van der Waals surface area contributed by atoms with Crippen LogP contribution in [0.3, 0.4) is 0 Å². The van der Waals surface area contributed by atoms with E-state index in [1.807, 2.05) is 13.8 Å². The van der Waals surface area contributed by atoms with Crippen molar-refractivity contribution >= 4 is 0 Å². The van der Waals surface area contributed by atoms with Crippen molar-refractivity contribution in [2.45, 2.75) is 86.5 Å². The minimum absolute atomic E-state index is 0.750. The molecule has 0 saturated heterocycles. The summed E-state index contributed by atoms with van der Waals surface area (Å²) in [5, 5.41) is 0. The molecule has 0 heterocycles.